The molecule has 0 aromatic heterocycles. The lowest BCUT2D eigenvalue weighted by Gasteiger charge is -2.07. The summed E-state index contributed by atoms with van der Waals surface area (Å²) in [6, 6.07) is 4.29. The third-order valence-corrected chi connectivity index (χ3v) is 2.73. The zero-order chi connectivity index (χ0) is 14.3. The zero-order valence-corrected chi connectivity index (χ0v) is 11.2. The van der Waals surface area contributed by atoms with Gasteiger partial charge in [-0.3, -0.25) is 10.1 Å². The van der Waals surface area contributed by atoms with Gasteiger partial charge in [-0.05, 0) is 19.4 Å². The van der Waals surface area contributed by atoms with E-state index in [1.165, 1.54) is 6.07 Å². The largest absolute Gasteiger partial charge is 0.338 e. The van der Waals surface area contributed by atoms with Crippen molar-refractivity contribution in [3.05, 3.63) is 33.9 Å². The molecule has 0 aliphatic heterocycles. The Kier molecular flexibility index (Phi) is 5.78. The van der Waals surface area contributed by atoms with Crippen LogP contribution in [0, 0.1) is 17.0 Å². The zero-order valence-electron chi connectivity index (χ0n) is 11.2. The molecule has 0 unspecified atom stereocenters. The number of carbonyl (C=O) groups excluding carboxylic acids is 1. The summed E-state index contributed by atoms with van der Waals surface area (Å²) in [5.41, 5.74) is 0.993. The van der Waals surface area contributed by atoms with Crippen LogP contribution in [-0.2, 0) is 0 Å². The van der Waals surface area contributed by atoms with Crippen molar-refractivity contribution in [3.63, 3.8) is 0 Å². The highest BCUT2D eigenvalue weighted by atomic mass is 16.6. The van der Waals surface area contributed by atoms with E-state index in [4.69, 9.17) is 0 Å². The van der Waals surface area contributed by atoms with Crippen molar-refractivity contribution in [3.8, 4) is 0 Å². The maximum absolute atomic E-state index is 11.5. The minimum atomic E-state index is -0.459. The maximum atomic E-state index is 11.5. The van der Waals surface area contributed by atoms with E-state index in [-0.39, 0.29) is 11.7 Å². The summed E-state index contributed by atoms with van der Waals surface area (Å²) in [6.07, 6.45) is 3.09. The number of hydrogen-bond acceptors (Lipinski definition) is 3. The monoisotopic (exact) mass is 265 g/mol. The maximum Gasteiger partial charge on any atom is 0.319 e. The van der Waals surface area contributed by atoms with Gasteiger partial charge in [0.25, 0.3) is 5.69 Å². The number of benzene rings is 1. The van der Waals surface area contributed by atoms with Gasteiger partial charge in [0.1, 0.15) is 0 Å². The highest BCUT2D eigenvalue weighted by molar-refractivity contribution is 5.89. The number of urea groups is 1. The normalized spacial score (nSPS) is 10.0. The number of aryl methyl sites for hydroxylation is 1. The standard InChI is InChI=1S/C13H19N3O3/c1-3-4-5-8-14-13(17)15-11-7-6-10(2)12(9-11)16(18)19/h6-7,9H,3-5,8H2,1-2H3,(H2,14,15,17). The Morgan fingerprint density at radius 3 is 2.74 bits per heavy atom. The van der Waals surface area contributed by atoms with Crippen molar-refractivity contribution < 1.29 is 9.72 Å². The SMILES string of the molecule is CCCCCNC(=O)Nc1ccc(C)c([N+](=O)[O-])c1. The minimum Gasteiger partial charge on any atom is -0.338 e. The lowest BCUT2D eigenvalue weighted by Crippen LogP contribution is -2.29. The number of nitrogens with one attached hydrogen (secondary N) is 2. The molecule has 1 aromatic rings. The van der Waals surface area contributed by atoms with Crippen LogP contribution in [0.3, 0.4) is 0 Å². The molecule has 0 fully saturated rings. The first kappa shape index (κ1) is 14.9. The molecule has 1 aromatic carbocycles. The van der Waals surface area contributed by atoms with Gasteiger partial charge in [-0.1, -0.05) is 25.8 Å². The summed E-state index contributed by atoms with van der Waals surface area (Å²) in [5, 5.41) is 16.1. The van der Waals surface area contributed by atoms with Crippen LogP contribution >= 0.6 is 0 Å². The molecule has 2 amide bonds. The molecule has 1 rings (SSSR count). The predicted octanol–water partition coefficient (Wildman–Crippen LogP) is 3.21. The Labute approximate surface area is 112 Å². The van der Waals surface area contributed by atoms with Gasteiger partial charge in [-0.2, -0.15) is 0 Å². The number of hydrogen-bond donors (Lipinski definition) is 2. The van der Waals surface area contributed by atoms with Crippen molar-refractivity contribution in [1.82, 2.24) is 5.32 Å². The molecule has 2 N–H and O–H groups in total. The second-order valence-electron chi connectivity index (χ2n) is 4.35. The average Bonchev–Trinajstić information content (AvgIpc) is 2.36. The summed E-state index contributed by atoms with van der Waals surface area (Å²) < 4.78 is 0. The molecule has 0 aliphatic rings. The summed E-state index contributed by atoms with van der Waals surface area (Å²) in [4.78, 5) is 21.9. The highest BCUT2D eigenvalue weighted by Crippen LogP contribution is 2.22. The van der Waals surface area contributed by atoms with Crippen molar-refractivity contribution in [2.24, 2.45) is 0 Å². The van der Waals surface area contributed by atoms with E-state index in [0.29, 0.717) is 17.8 Å². The van der Waals surface area contributed by atoms with E-state index in [1.54, 1.807) is 19.1 Å². The van der Waals surface area contributed by atoms with Gasteiger partial charge < -0.3 is 10.6 Å². The van der Waals surface area contributed by atoms with E-state index >= 15 is 0 Å². The van der Waals surface area contributed by atoms with Gasteiger partial charge in [0.05, 0.1) is 4.92 Å². The minimum absolute atomic E-state index is 0.00350. The fourth-order valence-corrected chi connectivity index (χ4v) is 1.64. The lowest BCUT2D eigenvalue weighted by atomic mass is 10.2. The van der Waals surface area contributed by atoms with E-state index in [0.717, 1.165) is 19.3 Å². The van der Waals surface area contributed by atoms with Crippen LogP contribution in [0.4, 0.5) is 16.2 Å². The van der Waals surface area contributed by atoms with Gasteiger partial charge in [0.2, 0.25) is 0 Å². The van der Waals surface area contributed by atoms with E-state index in [2.05, 4.69) is 17.6 Å². The lowest BCUT2D eigenvalue weighted by molar-refractivity contribution is -0.385. The molecule has 6 nitrogen and oxygen atoms in total. The molecular formula is C13H19N3O3. The number of anilines is 1. The van der Waals surface area contributed by atoms with Crippen LogP contribution in [0.2, 0.25) is 0 Å². The molecule has 104 valence electrons. The molecule has 0 saturated heterocycles. The van der Waals surface area contributed by atoms with E-state index in [1.807, 2.05) is 0 Å². The van der Waals surface area contributed by atoms with Crippen LogP contribution < -0.4 is 10.6 Å². The Hall–Kier alpha value is -2.11. The molecule has 0 spiro atoms. The molecule has 0 atom stereocenters. The number of carbonyl (C=O) groups is 1. The van der Waals surface area contributed by atoms with E-state index in [9.17, 15) is 14.9 Å². The van der Waals surface area contributed by atoms with Gasteiger partial charge >= 0.3 is 6.03 Å². The Bertz CT molecular complexity index is 460. The predicted molar refractivity (Wildman–Crippen MR) is 74.4 cm³/mol. The summed E-state index contributed by atoms with van der Waals surface area (Å²) in [7, 11) is 0. The number of unbranched alkanes of at least 4 members (excludes halogenated alkanes) is 2. The van der Waals surface area contributed by atoms with E-state index < -0.39 is 4.92 Å². The number of amides is 2. The van der Waals surface area contributed by atoms with Crippen molar-refractivity contribution in [2.75, 3.05) is 11.9 Å². The number of rotatable bonds is 6. The smallest absolute Gasteiger partial charge is 0.319 e. The molecular weight excluding hydrogens is 246 g/mol. The summed E-state index contributed by atoms with van der Waals surface area (Å²) in [5.74, 6) is 0. The Morgan fingerprint density at radius 2 is 2.11 bits per heavy atom. The average molecular weight is 265 g/mol. The van der Waals surface area contributed by atoms with Gasteiger partial charge in [0, 0.05) is 23.9 Å². The van der Waals surface area contributed by atoms with Crippen LogP contribution in [0.25, 0.3) is 0 Å². The van der Waals surface area contributed by atoms with Gasteiger partial charge in [-0.15, -0.1) is 0 Å². The van der Waals surface area contributed by atoms with Crippen LogP contribution in [0.5, 0.6) is 0 Å². The summed E-state index contributed by atoms with van der Waals surface area (Å²) >= 11 is 0. The first-order valence-corrected chi connectivity index (χ1v) is 6.34. The molecule has 0 bridgehead atoms. The topological polar surface area (TPSA) is 84.3 Å². The fourth-order valence-electron chi connectivity index (χ4n) is 1.64. The first-order chi connectivity index (χ1) is 9.04. The number of nitro groups is 1. The van der Waals surface area contributed by atoms with Crippen molar-refractivity contribution in [1.29, 1.82) is 0 Å². The third kappa shape index (κ3) is 4.95. The second-order valence-corrected chi connectivity index (χ2v) is 4.35. The Balaban J connectivity index is 2.55. The highest BCUT2D eigenvalue weighted by Gasteiger charge is 2.11. The van der Waals surface area contributed by atoms with Gasteiger partial charge in [-0.25, -0.2) is 4.79 Å². The molecule has 19 heavy (non-hydrogen) atoms. The van der Waals surface area contributed by atoms with Crippen LogP contribution in [0.1, 0.15) is 31.7 Å². The molecule has 0 aliphatic carbocycles. The van der Waals surface area contributed by atoms with Gasteiger partial charge in [0.15, 0.2) is 0 Å². The van der Waals surface area contributed by atoms with Crippen LogP contribution in [0.15, 0.2) is 18.2 Å². The fraction of sp³-hybridized carbons (Fsp3) is 0.462. The van der Waals surface area contributed by atoms with Crippen molar-refractivity contribution in [2.45, 2.75) is 33.1 Å². The molecule has 0 radical (unpaired) electrons. The summed E-state index contributed by atoms with van der Waals surface area (Å²) in [6.45, 7) is 4.35. The quantitative estimate of drug-likeness (QED) is 0.470. The molecule has 6 heteroatoms. The van der Waals surface area contributed by atoms with Crippen molar-refractivity contribution >= 4 is 17.4 Å². The second kappa shape index (κ2) is 7.35. The third-order valence-electron chi connectivity index (χ3n) is 2.73. The molecule has 0 heterocycles. The van der Waals surface area contributed by atoms with Crippen LogP contribution in [-0.4, -0.2) is 17.5 Å². The number of nitro benzene ring substituents is 1. The first-order valence-electron chi connectivity index (χ1n) is 6.34. The Morgan fingerprint density at radius 1 is 1.37 bits per heavy atom. The molecule has 0 saturated carbocycles. The number of nitrogens with zero attached hydrogens (tertiary/aromatic N) is 1.